The minimum atomic E-state index is -0.498. The van der Waals surface area contributed by atoms with E-state index in [9.17, 15) is 4.79 Å². The van der Waals surface area contributed by atoms with Gasteiger partial charge < -0.3 is 5.32 Å². The largest absolute Gasteiger partial charge is 0.352 e. The van der Waals surface area contributed by atoms with Crippen LogP contribution in [0.2, 0.25) is 0 Å². The van der Waals surface area contributed by atoms with E-state index in [1.807, 2.05) is 13.0 Å². The summed E-state index contributed by atoms with van der Waals surface area (Å²) in [6.07, 6.45) is 4.36. The van der Waals surface area contributed by atoms with Crippen LogP contribution in [0.5, 0.6) is 0 Å². The number of carbonyl (C=O) groups excluding carboxylic acids is 1. The molecule has 19 heavy (non-hydrogen) atoms. The lowest BCUT2D eigenvalue weighted by Gasteiger charge is -2.26. The van der Waals surface area contributed by atoms with Crippen molar-refractivity contribution in [1.29, 1.82) is 5.26 Å². The monoisotopic (exact) mass is 256 g/mol. The second-order valence-electron chi connectivity index (χ2n) is 5.19. The summed E-state index contributed by atoms with van der Waals surface area (Å²) in [4.78, 5) is 12.0. The molecule has 2 unspecified atom stereocenters. The van der Waals surface area contributed by atoms with Crippen molar-refractivity contribution < 1.29 is 4.79 Å². The molecule has 0 heterocycles. The van der Waals surface area contributed by atoms with E-state index < -0.39 is 5.92 Å². The van der Waals surface area contributed by atoms with Crippen molar-refractivity contribution in [2.24, 2.45) is 5.92 Å². The molecule has 0 aliphatic heterocycles. The van der Waals surface area contributed by atoms with Crippen LogP contribution in [0, 0.1) is 17.2 Å². The van der Waals surface area contributed by atoms with Crippen LogP contribution in [0.15, 0.2) is 24.3 Å². The Morgan fingerprint density at radius 1 is 1.47 bits per heavy atom. The molecule has 1 aromatic rings. The van der Waals surface area contributed by atoms with Crippen LogP contribution in [0.4, 0.5) is 0 Å². The molecule has 3 nitrogen and oxygen atoms in total. The summed E-state index contributed by atoms with van der Waals surface area (Å²) in [5.74, 6) is -0.601. The predicted molar refractivity (Wildman–Crippen MR) is 74.4 cm³/mol. The van der Waals surface area contributed by atoms with Gasteiger partial charge in [0.05, 0.1) is 6.07 Å². The molecule has 2 atom stereocenters. The van der Waals surface area contributed by atoms with Crippen LogP contribution in [0.3, 0.4) is 0 Å². The van der Waals surface area contributed by atoms with E-state index in [2.05, 4.69) is 29.6 Å². The van der Waals surface area contributed by atoms with Gasteiger partial charge in [0, 0.05) is 6.04 Å². The molecule has 1 N–H and O–H groups in total. The molecule has 2 rings (SSSR count). The number of aryl methyl sites for hydroxylation is 1. The van der Waals surface area contributed by atoms with Crippen molar-refractivity contribution in [3.63, 3.8) is 0 Å². The van der Waals surface area contributed by atoms with Gasteiger partial charge in [-0.1, -0.05) is 37.6 Å². The zero-order valence-corrected chi connectivity index (χ0v) is 11.4. The Morgan fingerprint density at radius 2 is 2.21 bits per heavy atom. The van der Waals surface area contributed by atoms with Gasteiger partial charge in [-0.3, -0.25) is 4.79 Å². The molecule has 1 aliphatic carbocycles. The number of nitrogens with zero attached hydrogens (tertiary/aromatic N) is 1. The van der Waals surface area contributed by atoms with Crippen molar-refractivity contribution in [3.05, 3.63) is 35.4 Å². The summed E-state index contributed by atoms with van der Waals surface area (Å²) in [7, 11) is 0. The highest BCUT2D eigenvalue weighted by atomic mass is 16.1. The zero-order chi connectivity index (χ0) is 13.7. The second kappa shape index (κ2) is 6.38. The molecule has 0 fully saturated rings. The number of amides is 1. The van der Waals surface area contributed by atoms with Crippen molar-refractivity contribution in [2.75, 3.05) is 0 Å². The number of nitriles is 1. The molecule has 0 saturated heterocycles. The average Bonchev–Trinajstić information content (AvgIpc) is 2.44. The van der Waals surface area contributed by atoms with Crippen LogP contribution in [-0.2, 0) is 17.6 Å². The van der Waals surface area contributed by atoms with Gasteiger partial charge in [0.15, 0.2) is 0 Å². The SMILES string of the molecule is CCCC(C#N)C(=O)NC1CCc2ccccc2C1. The van der Waals surface area contributed by atoms with Gasteiger partial charge in [0.1, 0.15) is 5.92 Å². The van der Waals surface area contributed by atoms with Crippen molar-refractivity contribution in [2.45, 2.75) is 45.1 Å². The summed E-state index contributed by atoms with van der Waals surface area (Å²) in [6, 6.07) is 10.7. The van der Waals surface area contributed by atoms with Crippen LogP contribution in [-0.4, -0.2) is 11.9 Å². The maximum Gasteiger partial charge on any atom is 0.237 e. The average molecular weight is 256 g/mol. The molecule has 1 amide bonds. The topological polar surface area (TPSA) is 52.9 Å². The fraction of sp³-hybridized carbons (Fsp3) is 0.500. The number of nitrogens with one attached hydrogen (secondary N) is 1. The Bertz CT molecular complexity index is 490. The smallest absolute Gasteiger partial charge is 0.237 e. The number of hydrogen-bond donors (Lipinski definition) is 1. The van der Waals surface area contributed by atoms with Gasteiger partial charge in [-0.05, 0) is 36.8 Å². The lowest BCUT2D eigenvalue weighted by atomic mass is 9.88. The van der Waals surface area contributed by atoms with Crippen molar-refractivity contribution in [1.82, 2.24) is 5.32 Å². The van der Waals surface area contributed by atoms with Crippen LogP contribution in [0.1, 0.15) is 37.3 Å². The molecule has 0 aromatic heterocycles. The summed E-state index contributed by atoms with van der Waals surface area (Å²) in [5.41, 5.74) is 2.71. The van der Waals surface area contributed by atoms with E-state index >= 15 is 0 Å². The molecule has 0 saturated carbocycles. The number of carbonyl (C=O) groups is 1. The summed E-state index contributed by atoms with van der Waals surface area (Å²) < 4.78 is 0. The fourth-order valence-electron chi connectivity index (χ4n) is 2.67. The van der Waals surface area contributed by atoms with Gasteiger partial charge in [-0.2, -0.15) is 5.26 Å². The number of benzene rings is 1. The van der Waals surface area contributed by atoms with Crippen LogP contribution < -0.4 is 5.32 Å². The highest BCUT2D eigenvalue weighted by Crippen LogP contribution is 2.21. The summed E-state index contributed by atoms with van der Waals surface area (Å²) >= 11 is 0. The van der Waals surface area contributed by atoms with Gasteiger partial charge in [0.25, 0.3) is 0 Å². The molecular formula is C16H20N2O. The number of hydrogen-bond acceptors (Lipinski definition) is 2. The van der Waals surface area contributed by atoms with E-state index in [1.54, 1.807) is 0 Å². The Hall–Kier alpha value is -1.82. The van der Waals surface area contributed by atoms with Crippen LogP contribution in [0.25, 0.3) is 0 Å². The maximum absolute atomic E-state index is 12.0. The van der Waals surface area contributed by atoms with E-state index in [1.165, 1.54) is 11.1 Å². The first-order chi connectivity index (χ1) is 9.24. The lowest BCUT2D eigenvalue weighted by molar-refractivity contribution is -0.124. The first-order valence-corrected chi connectivity index (χ1v) is 7.01. The number of fused-ring (bicyclic) bond motifs is 1. The van der Waals surface area contributed by atoms with E-state index in [0.717, 1.165) is 25.7 Å². The van der Waals surface area contributed by atoms with Gasteiger partial charge in [-0.15, -0.1) is 0 Å². The molecule has 3 heteroatoms. The molecule has 100 valence electrons. The third-order valence-electron chi connectivity index (χ3n) is 3.74. The standard InChI is InChI=1S/C16H20N2O/c1-2-5-14(11-17)16(19)18-15-9-8-12-6-3-4-7-13(12)10-15/h3-4,6-7,14-15H,2,5,8-10H2,1H3,(H,18,19). The summed E-state index contributed by atoms with van der Waals surface area (Å²) in [6.45, 7) is 1.99. The Kier molecular flexibility index (Phi) is 4.57. The molecule has 0 bridgehead atoms. The first kappa shape index (κ1) is 13.6. The van der Waals surface area contributed by atoms with Crippen LogP contribution >= 0.6 is 0 Å². The van der Waals surface area contributed by atoms with Gasteiger partial charge in [0.2, 0.25) is 5.91 Å². The molecular weight excluding hydrogens is 236 g/mol. The molecule has 0 radical (unpaired) electrons. The maximum atomic E-state index is 12.0. The zero-order valence-electron chi connectivity index (χ0n) is 11.4. The quantitative estimate of drug-likeness (QED) is 0.900. The van der Waals surface area contributed by atoms with E-state index in [4.69, 9.17) is 5.26 Å². The van der Waals surface area contributed by atoms with Crippen molar-refractivity contribution >= 4 is 5.91 Å². The minimum absolute atomic E-state index is 0.103. The molecule has 1 aromatic carbocycles. The Morgan fingerprint density at radius 3 is 2.89 bits per heavy atom. The summed E-state index contributed by atoms with van der Waals surface area (Å²) in [5, 5.41) is 12.0. The van der Waals surface area contributed by atoms with E-state index in [-0.39, 0.29) is 11.9 Å². The minimum Gasteiger partial charge on any atom is -0.352 e. The lowest BCUT2D eigenvalue weighted by Crippen LogP contribution is -2.41. The van der Waals surface area contributed by atoms with Gasteiger partial charge >= 0.3 is 0 Å². The highest BCUT2D eigenvalue weighted by Gasteiger charge is 2.23. The second-order valence-corrected chi connectivity index (χ2v) is 5.19. The fourth-order valence-corrected chi connectivity index (χ4v) is 2.67. The van der Waals surface area contributed by atoms with Crippen molar-refractivity contribution in [3.8, 4) is 6.07 Å². The van der Waals surface area contributed by atoms with E-state index in [0.29, 0.717) is 6.42 Å². The third kappa shape index (κ3) is 3.35. The van der Waals surface area contributed by atoms with Gasteiger partial charge in [-0.25, -0.2) is 0 Å². The normalized spacial score (nSPS) is 19.1. The molecule has 1 aliphatic rings. The molecule has 0 spiro atoms. The third-order valence-corrected chi connectivity index (χ3v) is 3.74. The first-order valence-electron chi connectivity index (χ1n) is 7.01. The number of rotatable bonds is 4. The highest BCUT2D eigenvalue weighted by molar-refractivity contribution is 5.81. The predicted octanol–water partition coefficient (Wildman–Crippen LogP) is 2.60. The Labute approximate surface area is 114 Å². The Balaban J connectivity index is 1.95.